The molecular formula is C11H17N3O2. The van der Waals surface area contributed by atoms with Crippen molar-refractivity contribution in [3.8, 4) is 0 Å². The monoisotopic (exact) mass is 223 g/mol. The van der Waals surface area contributed by atoms with Gasteiger partial charge in [0.1, 0.15) is 11.8 Å². The van der Waals surface area contributed by atoms with E-state index in [1.54, 1.807) is 26.1 Å². The Morgan fingerprint density at radius 2 is 2.50 bits per heavy atom. The van der Waals surface area contributed by atoms with Crippen LogP contribution in [0.1, 0.15) is 31.0 Å². The van der Waals surface area contributed by atoms with E-state index in [4.69, 9.17) is 10.2 Å². The van der Waals surface area contributed by atoms with Crippen molar-refractivity contribution in [2.45, 2.75) is 32.4 Å². The van der Waals surface area contributed by atoms with Gasteiger partial charge in [0, 0.05) is 0 Å². The van der Waals surface area contributed by atoms with Crippen LogP contribution in [0.3, 0.4) is 0 Å². The smallest absolute Gasteiger partial charge is 0.237 e. The minimum absolute atomic E-state index is 0.233. The quantitative estimate of drug-likeness (QED) is 0.731. The summed E-state index contributed by atoms with van der Waals surface area (Å²) in [5, 5.41) is 2.73. The highest BCUT2D eigenvalue weighted by atomic mass is 16.4. The molecule has 1 aromatic rings. The van der Waals surface area contributed by atoms with Gasteiger partial charge in [-0.1, -0.05) is 6.08 Å². The van der Waals surface area contributed by atoms with Crippen molar-refractivity contribution in [2.75, 3.05) is 0 Å². The summed E-state index contributed by atoms with van der Waals surface area (Å²) in [5.41, 5.74) is 5.63. The lowest BCUT2D eigenvalue weighted by atomic mass is 10.2. The van der Waals surface area contributed by atoms with E-state index in [1.165, 1.54) is 0 Å². The van der Waals surface area contributed by atoms with Crippen molar-refractivity contribution in [1.82, 2.24) is 10.3 Å². The fourth-order valence-corrected chi connectivity index (χ4v) is 1.24. The van der Waals surface area contributed by atoms with Crippen molar-refractivity contribution in [3.05, 3.63) is 30.5 Å². The Balaban J connectivity index is 2.54. The predicted molar refractivity (Wildman–Crippen MR) is 60.6 cm³/mol. The van der Waals surface area contributed by atoms with Crippen LogP contribution >= 0.6 is 0 Å². The Kier molecular flexibility index (Phi) is 4.25. The molecule has 5 heteroatoms. The number of hydrogen-bond donors (Lipinski definition) is 2. The SMILES string of the molecule is C=CCC(N)C(=O)NC(C)c1ncc(C)o1. The minimum atomic E-state index is -0.573. The van der Waals surface area contributed by atoms with E-state index < -0.39 is 6.04 Å². The molecule has 0 saturated heterocycles. The van der Waals surface area contributed by atoms with Gasteiger partial charge in [-0.3, -0.25) is 4.79 Å². The molecular weight excluding hydrogens is 206 g/mol. The first kappa shape index (κ1) is 12.4. The molecule has 0 aliphatic carbocycles. The van der Waals surface area contributed by atoms with Crippen LogP contribution in [0.25, 0.3) is 0 Å². The normalized spacial score (nSPS) is 14.2. The van der Waals surface area contributed by atoms with Crippen molar-refractivity contribution in [1.29, 1.82) is 0 Å². The molecule has 0 bridgehead atoms. The summed E-state index contributed by atoms with van der Waals surface area (Å²) in [4.78, 5) is 15.6. The lowest BCUT2D eigenvalue weighted by Crippen LogP contribution is -2.41. The van der Waals surface area contributed by atoms with Crippen molar-refractivity contribution >= 4 is 5.91 Å². The van der Waals surface area contributed by atoms with Crippen LogP contribution in [-0.4, -0.2) is 16.9 Å². The lowest BCUT2D eigenvalue weighted by molar-refractivity contribution is -0.123. The van der Waals surface area contributed by atoms with Gasteiger partial charge < -0.3 is 15.5 Å². The Morgan fingerprint density at radius 1 is 1.81 bits per heavy atom. The predicted octanol–water partition coefficient (Wildman–Crippen LogP) is 1.06. The van der Waals surface area contributed by atoms with E-state index in [9.17, 15) is 4.79 Å². The largest absolute Gasteiger partial charge is 0.444 e. The van der Waals surface area contributed by atoms with Gasteiger partial charge in [-0.25, -0.2) is 4.98 Å². The number of aromatic nitrogens is 1. The molecule has 0 saturated carbocycles. The molecule has 0 aliphatic rings. The third-order valence-electron chi connectivity index (χ3n) is 2.13. The van der Waals surface area contributed by atoms with Gasteiger partial charge in [-0.15, -0.1) is 6.58 Å². The zero-order valence-electron chi connectivity index (χ0n) is 9.56. The highest BCUT2D eigenvalue weighted by Crippen LogP contribution is 2.11. The van der Waals surface area contributed by atoms with Gasteiger partial charge in [0.2, 0.25) is 11.8 Å². The van der Waals surface area contributed by atoms with Crippen LogP contribution in [0.4, 0.5) is 0 Å². The maximum absolute atomic E-state index is 11.6. The fourth-order valence-electron chi connectivity index (χ4n) is 1.24. The minimum Gasteiger partial charge on any atom is -0.444 e. The van der Waals surface area contributed by atoms with Crippen molar-refractivity contribution < 1.29 is 9.21 Å². The summed E-state index contributed by atoms with van der Waals surface area (Å²) >= 11 is 0. The van der Waals surface area contributed by atoms with Crippen LogP contribution in [0.5, 0.6) is 0 Å². The van der Waals surface area contributed by atoms with E-state index in [2.05, 4.69) is 16.9 Å². The zero-order chi connectivity index (χ0) is 12.1. The lowest BCUT2D eigenvalue weighted by Gasteiger charge is -2.14. The number of carbonyl (C=O) groups is 1. The molecule has 0 aromatic carbocycles. The van der Waals surface area contributed by atoms with Gasteiger partial charge in [0.15, 0.2) is 0 Å². The van der Waals surface area contributed by atoms with Crippen molar-refractivity contribution in [2.24, 2.45) is 5.73 Å². The standard InChI is InChI=1S/C11H17N3O2/c1-4-5-9(12)10(15)14-8(3)11-13-6-7(2)16-11/h4,6,8-9H,1,5,12H2,2-3H3,(H,14,15). The first-order valence-electron chi connectivity index (χ1n) is 5.13. The van der Waals surface area contributed by atoms with Gasteiger partial charge in [0.05, 0.1) is 12.2 Å². The van der Waals surface area contributed by atoms with E-state index in [1.807, 2.05) is 0 Å². The first-order chi connectivity index (χ1) is 7.54. The van der Waals surface area contributed by atoms with Gasteiger partial charge in [-0.2, -0.15) is 0 Å². The average Bonchev–Trinajstić information content (AvgIpc) is 2.65. The second kappa shape index (κ2) is 5.46. The molecule has 1 amide bonds. The molecule has 1 aromatic heterocycles. The molecule has 0 aliphatic heterocycles. The Morgan fingerprint density at radius 3 is 3.00 bits per heavy atom. The summed E-state index contributed by atoms with van der Waals surface area (Å²) in [6.07, 6.45) is 3.68. The van der Waals surface area contributed by atoms with E-state index in [0.29, 0.717) is 18.1 Å². The third kappa shape index (κ3) is 3.20. The second-order valence-electron chi connectivity index (χ2n) is 3.67. The summed E-state index contributed by atoms with van der Waals surface area (Å²) in [6, 6.07) is -0.854. The molecule has 3 N–H and O–H groups in total. The van der Waals surface area contributed by atoms with Crippen LogP contribution in [0.2, 0.25) is 0 Å². The molecule has 88 valence electrons. The highest BCUT2D eigenvalue weighted by molar-refractivity contribution is 5.81. The van der Waals surface area contributed by atoms with Gasteiger partial charge in [-0.05, 0) is 20.3 Å². The molecule has 2 atom stereocenters. The van der Waals surface area contributed by atoms with Crippen LogP contribution in [0.15, 0.2) is 23.3 Å². The topological polar surface area (TPSA) is 81.2 Å². The molecule has 0 radical (unpaired) electrons. The third-order valence-corrected chi connectivity index (χ3v) is 2.13. The molecule has 16 heavy (non-hydrogen) atoms. The summed E-state index contributed by atoms with van der Waals surface area (Å²) in [6.45, 7) is 7.13. The number of nitrogens with zero attached hydrogens (tertiary/aromatic N) is 1. The van der Waals surface area contributed by atoms with Crippen LogP contribution in [-0.2, 0) is 4.79 Å². The number of nitrogens with one attached hydrogen (secondary N) is 1. The average molecular weight is 223 g/mol. The molecule has 0 fully saturated rings. The highest BCUT2D eigenvalue weighted by Gasteiger charge is 2.18. The molecule has 1 heterocycles. The number of nitrogens with two attached hydrogens (primary N) is 1. The summed E-state index contributed by atoms with van der Waals surface area (Å²) in [7, 11) is 0. The van der Waals surface area contributed by atoms with Gasteiger partial charge >= 0.3 is 0 Å². The van der Waals surface area contributed by atoms with Crippen LogP contribution < -0.4 is 11.1 Å². The summed E-state index contributed by atoms with van der Waals surface area (Å²) in [5.74, 6) is 0.964. The zero-order valence-corrected chi connectivity index (χ0v) is 9.56. The van der Waals surface area contributed by atoms with Crippen molar-refractivity contribution in [3.63, 3.8) is 0 Å². The van der Waals surface area contributed by atoms with Gasteiger partial charge in [0.25, 0.3) is 0 Å². The number of oxazole rings is 1. The number of carbonyl (C=O) groups excluding carboxylic acids is 1. The van der Waals surface area contributed by atoms with Crippen LogP contribution in [0, 0.1) is 6.92 Å². The molecule has 1 rings (SSSR count). The fraction of sp³-hybridized carbons (Fsp3) is 0.455. The Bertz CT molecular complexity index is 373. The molecule has 2 unspecified atom stereocenters. The van der Waals surface area contributed by atoms with E-state index in [0.717, 1.165) is 0 Å². The Labute approximate surface area is 94.7 Å². The maximum atomic E-state index is 11.6. The molecule has 0 spiro atoms. The van der Waals surface area contributed by atoms with E-state index >= 15 is 0 Å². The molecule has 5 nitrogen and oxygen atoms in total. The summed E-state index contributed by atoms with van der Waals surface area (Å²) < 4.78 is 5.30. The number of hydrogen-bond acceptors (Lipinski definition) is 4. The second-order valence-corrected chi connectivity index (χ2v) is 3.67. The number of aryl methyl sites for hydroxylation is 1. The first-order valence-corrected chi connectivity index (χ1v) is 5.13. The number of amides is 1. The van der Waals surface area contributed by atoms with E-state index in [-0.39, 0.29) is 11.9 Å². The number of rotatable bonds is 5. The maximum Gasteiger partial charge on any atom is 0.237 e. The Hall–Kier alpha value is -1.62.